The summed E-state index contributed by atoms with van der Waals surface area (Å²) < 4.78 is 5.33. The third kappa shape index (κ3) is 4.23. The molecule has 0 spiro atoms. The second-order valence-electron chi connectivity index (χ2n) is 3.34. The van der Waals surface area contributed by atoms with Crippen molar-refractivity contribution in [2.24, 2.45) is 0 Å². The van der Waals surface area contributed by atoms with Crippen LogP contribution in [0, 0.1) is 0 Å². The first-order valence-electron chi connectivity index (χ1n) is 4.78. The number of hydrogen-bond donors (Lipinski definition) is 2. The van der Waals surface area contributed by atoms with Crippen LogP contribution in [0.15, 0.2) is 0 Å². The zero-order valence-corrected chi connectivity index (χ0v) is 7.99. The van der Waals surface area contributed by atoms with Gasteiger partial charge in [-0.1, -0.05) is 0 Å². The lowest BCUT2D eigenvalue weighted by atomic mass is 10.1. The summed E-state index contributed by atoms with van der Waals surface area (Å²) in [6.45, 7) is 0.478. The van der Waals surface area contributed by atoms with Crippen LogP contribution in [0.4, 0.5) is 0 Å². The maximum atomic E-state index is 11.1. The number of rotatable bonds is 5. The Labute approximate surface area is 82.4 Å². The monoisotopic (exact) mass is 201 g/mol. The highest BCUT2D eigenvalue weighted by molar-refractivity contribution is 5.81. The van der Waals surface area contributed by atoms with Gasteiger partial charge in [-0.25, -0.2) is 0 Å². The molecule has 0 bridgehead atoms. The summed E-state index contributed by atoms with van der Waals surface area (Å²) in [5.41, 5.74) is 0. The zero-order valence-electron chi connectivity index (χ0n) is 7.99. The molecule has 1 heterocycles. The van der Waals surface area contributed by atoms with Gasteiger partial charge in [-0.15, -0.1) is 0 Å². The Kier molecular flexibility index (Phi) is 4.39. The highest BCUT2D eigenvalue weighted by atomic mass is 16.5. The van der Waals surface area contributed by atoms with Crippen molar-refractivity contribution in [3.05, 3.63) is 0 Å². The minimum absolute atomic E-state index is 0.186. The molecule has 80 valence electrons. The Morgan fingerprint density at radius 2 is 2.29 bits per heavy atom. The molecule has 0 radical (unpaired) electrons. The molecule has 1 fully saturated rings. The van der Waals surface area contributed by atoms with Crippen LogP contribution in [0.5, 0.6) is 0 Å². The fourth-order valence-electron chi connectivity index (χ4n) is 1.43. The molecule has 0 aromatic heterocycles. The van der Waals surface area contributed by atoms with Crippen molar-refractivity contribution in [3.63, 3.8) is 0 Å². The summed E-state index contributed by atoms with van der Waals surface area (Å²) in [5.74, 6) is -1.24. The normalized spacial score (nSPS) is 20.7. The van der Waals surface area contributed by atoms with E-state index in [-0.39, 0.29) is 18.6 Å². The van der Waals surface area contributed by atoms with Crippen LogP contribution >= 0.6 is 0 Å². The number of aliphatic carboxylic acids is 1. The molecule has 1 atom stereocenters. The molecule has 14 heavy (non-hydrogen) atoms. The minimum Gasteiger partial charge on any atom is -0.480 e. The largest absolute Gasteiger partial charge is 0.480 e. The number of carboxylic acid groups (broad SMARTS) is 1. The number of carboxylic acids is 1. The van der Waals surface area contributed by atoms with E-state index in [0.29, 0.717) is 12.8 Å². The van der Waals surface area contributed by atoms with Gasteiger partial charge in [-0.05, 0) is 19.3 Å². The van der Waals surface area contributed by atoms with Gasteiger partial charge >= 0.3 is 5.97 Å². The smallest absolute Gasteiger partial charge is 0.322 e. The van der Waals surface area contributed by atoms with E-state index in [1.807, 2.05) is 0 Å². The van der Waals surface area contributed by atoms with E-state index in [0.717, 1.165) is 19.4 Å². The van der Waals surface area contributed by atoms with Gasteiger partial charge in [-0.2, -0.15) is 0 Å². The first-order chi connectivity index (χ1) is 6.68. The third-order valence-corrected chi connectivity index (χ3v) is 2.15. The van der Waals surface area contributed by atoms with E-state index in [9.17, 15) is 9.59 Å². The van der Waals surface area contributed by atoms with E-state index in [1.54, 1.807) is 0 Å². The van der Waals surface area contributed by atoms with Gasteiger partial charge in [0.25, 0.3) is 0 Å². The maximum absolute atomic E-state index is 11.1. The summed E-state index contributed by atoms with van der Waals surface area (Å²) in [7, 11) is 0. The second-order valence-corrected chi connectivity index (χ2v) is 3.34. The van der Waals surface area contributed by atoms with Gasteiger partial charge in [-0.3, -0.25) is 9.59 Å². The number of carbonyl (C=O) groups is 2. The number of carbonyl (C=O) groups excluding carboxylic acids is 1. The van der Waals surface area contributed by atoms with Crippen LogP contribution in [-0.4, -0.2) is 36.2 Å². The quantitative estimate of drug-likeness (QED) is 0.663. The van der Waals surface area contributed by atoms with E-state index < -0.39 is 5.97 Å². The number of ether oxygens (including phenoxy) is 1. The first-order valence-corrected chi connectivity index (χ1v) is 4.78. The molecule has 1 unspecified atom stereocenters. The average Bonchev–Trinajstić information content (AvgIpc) is 2.63. The van der Waals surface area contributed by atoms with Gasteiger partial charge in [0.1, 0.15) is 6.54 Å². The van der Waals surface area contributed by atoms with Crippen molar-refractivity contribution < 1.29 is 19.4 Å². The topological polar surface area (TPSA) is 75.6 Å². The molecule has 1 aliphatic heterocycles. The second kappa shape index (κ2) is 5.59. The molecule has 5 heteroatoms. The Balaban J connectivity index is 2.05. The lowest BCUT2D eigenvalue weighted by Crippen LogP contribution is -2.29. The van der Waals surface area contributed by atoms with E-state index >= 15 is 0 Å². The molecule has 1 aliphatic rings. The summed E-state index contributed by atoms with van der Waals surface area (Å²) in [4.78, 5) is 21.2. The Morgan fingerprint density at radius 3 is 2.86 bits per heavy atom. The Bertz CT molecular complexity index is 211. The predicted octanol–water partition coefficient (Wildman–Crippen LogP) is 0.146. The van der Waals surface area contributed by atoms with Crippen molar-refractivity contribution in [2.75, 3.05) is 13.2 Å². The molecule has 2 N–H and O–H groups in total. The van der Waals surface area contributed by atoms with Gasteiger partial charge in [0.15, 0.2) is 0 Å². The molecule has 5 nitrogen and oxygen atoms in total. The van der Waals surface area contributed by atoms with Crippen molar-refractivity contribution in [2.45, 2.75) is 31.8 Å². The minimum atomic E-state index is -1.02. The SMILES string of the molecule is O=C(O)CNC(=O)CCC1CCCO1. The van der Waals surface area contributed by atoms with Crippen molar-refractivity contribution in [3.8, 4) is 0 Å². The van der Waals surface area contributed by atoms with Crippen LogP contribution in [0.1, 0.15) is 25.7 Å². The van der Waals surface area contributed by atoms with Crippen molar-refractivity contribution in [1.82, 2.24) is 5.32 Å². The number of nitrogens with one attached hydrogen (secondary N) is 1. The van der Waals surface area contributed by atoms with Gasteiger partial charge in [0, 0.05) is 13.0 Å². The average molecular weight is 201 g/mol. The summed E-state index contributed by atoms with van der Waals surface area (Å²) in [6, 6.07) is 0. The van der Waals surface area contributed by atoms with E-state index in [1.165, 1.54) is 0 Å². The number of hydrogen-bond acceptors (Lipinski definition) is 3. The molecule has 1 rings (SSSR count). The van der Waals surface area contributed by atoms with Crippen LogP contribution < -0.4 is 5.32 Å². The lowest BCUT2D eigenvalue weighted by molar-refractivity contribution is -0.138. The molecule has 0 aliphatic carbocycles. The maximum Gasteiger partial charge on any atom is 0.322 e. The molecule has 1 saturated heterocycles. The molecule has 0 aromatic rings. The van der Waals surface area contributed by atoms with Crippen LogP contribution in [0.2, 0.25) is 0 Å². The highest BCUT2D eigenvalue weighted by Crippen LogP contribution is 2.16. The van der Waals surface area contributed by atoms with Crippen molar-refractivity contribution >= 4 is 11.9 Å². The lowest BCUT2D eigenvalue weighted by Gasteiger charge is -2.08. The Morgan fingerprint density at radius 1 is 1.50 bits per heavy atom. The van der Waals surface area contributed by atoms with Crippen LogP contribution in [0.3, 0.4) is 0 Å². The zero-order chi connectivity index (χ0) is 10.4. The Hall–Kier alpha value is -1.10. The number of amides is 1. The third-order valence-electron chi connectivity index (χ3n) is 2.15. The summed E-state index contributed by atoms with van der Waals surface area (Å²) in [5, 5.41) is 10.6. The van der Waals surface area contributed by atoms with Crippen molar-refractivity contribution in [1.29, 1.82) is 0 Å². The van der Waals surface area contributed by atoms with E-state index in [4.69, 9.17) is 9.84 Å². The predicted molar refractivity (Wildman–Crippen MR) is 48.9 cm³/mol. The molecule has 0 saturated carbocycles. The summed E-state index contributed by atoms with van der Waals surface area (Å²) >= 11 is 0. The molecular formula is C9H15NO4. The van der Waals surface area contributed by atoms with Gasteiger partial charge in [0.05, 0.1) is 6.10 Å². The fourth-order valence-corrected chi connectivity index (χ4v) is 1.43. The van der Waals surface area contributed by atoms with Crippen LogP contribution in [0.25, 0.3) is 0 Å². The molecule has 0 aromatic carbocycles. The summed E-state index contributed by atoms with van der Waals surface area (Å²) in [6.07, 6.45) is 3.28. The molecule has 1 amide bonds. The first kappa shape index (κ1) is 11.0. The van der Waals surface area contributed by atoms with Gasteiger partial charge in [0.2, 0.25) is 5.91 Å². The van der Waals surface area contributed by atoms with Crippen LogP contribution in [-0.2, 0) is 14.3 Å². The van der Waals surface area contributed by atoms with E-state index in [2.05, 4.69) is 5.32 Å². The highest BCUT2D eigenvalue weighted by Gasteiger charge is 2.16. The molecular weight excluding hydrogens is 186 g/mol. The fraction of sp³-hybridized carbons (Fsp3) is 0.778. The standard InChI is InChI=1S/C9H15NO4/c11-8(10-6-9(12)13)4-3-7-2-1-5-14-7/h7H,1-6H2,(H,10,11)(H,12,13). The van der Waals surface area contributed by atoms with Gasteiger partial charge < -0.3 is 15.2 Å².